The first-order chi connectivity index (χ1) is 7.58. The Bertz CT molecular complexity index is 469. The first kappa shape index (κ1) is 10.2. The lowest BCUT2D eigenvalue weighted by Crippen LogP contribution is -2.07. The Hall–Kier alpha value is -2.31. The molecule has 1 aliphatic rings. The minimum atomic E-state index is -1.23. The van der Waals surface area contributed by atoms with Gasteiger partial charge in [0.2, 0.25) is 13.3 Å². The molecule has 0 radical (unpaired) electrons. The van der Waals surface area contributed by atoms with Gasteiger partial charge in [-0.2, -0.15) is 0 Å². The van der Waals surface area contributed by atoms with Gasteiger partial charge in [-0.05, 0) is 12.1 Å². The molecule has 0 fully saturated rings. The van der Waals surface area contributed by atoms with Crippen molar-refractivity contribution in [3.05, 3.63) is 33.4 Å². The Morgan fingerprint density at radius 1 is 1.44 bits per heavy atom. The summed E-state index contributed by atoms with van der Waals surface area (Å²) < 4.78 is 10.0. The molecule has 2 rings (SSSR count). The summed E-state index contributed by atoms with van der Waals surface area (Å²) in [5.41, 5.74) is -0.0392. The molecule has 1 aromatic carbocycles. The van der Waals surface area contributed by atoms with Crippen LogP contribution in [0.15, 0.2) is 12.1 Å². The monoisotopic (exact) mass is 225 g/mol. The average molecular weight is 225 g/mol. The molecule has 0 aromatic heterocycles. The van der Waals surface area contributed by atoms with Crippen molar-refractivity contribution in [3.63, 3.8) is 0 Å². The molecule has 0 bridgehead atoms. The molecule has 1 N–H and O–H groups in total. The fraction of sp³-hybridized carbons (Fsp3) is 0.222. The van der Waals surface area contributed by atoms with Crippen molar-refractivity contribution < 1.29 is 24.3 Å². The standard InChI is InChI=1S/C9H7NO6/c11-9(12)6-2-8-7(15-4-16-8)1-5(6)3-10(13)14/h1-2H,3-4H2,(H,11,12). The van der Waals surface area contributed by atoms with Crippen LogP contribution in [-0.4, -0.2) is 22.8 Å². The molecule has 0 spiro atoms. The molecule has 16 heavy (non-hydrogen) atoms. The van der Waals surface area contributed by atoms with Gasteiger partial charge in [0.05, 0.1) is 5.56 Å². The average Bonchev–Trinajstić information content (AvgIpc) is 2.62. The second kappa shape index (κ2) is 3.69. The van der Waals surface area contributed by atoms with E-state index >= 15 is 0 Å². The van der Waals surface area contributed by atoms with Crippen LogP contribution in [0.1, 0.15) is 15.9 Å². The summed E-state index contributed by atoms with van der Waals surface area (Å²) in [6.07, 6.45) is 0. The van der Waals surface area contributed by atoms with E-state index in [0.29, 0.717) is 11.5 Å². The zero-order valence-corrected chi connectivity index (χ0v) is 8.00. The van der Waals surface area contributed by atoms with Crippen LogP contribution < -0.4 is 9.47 Å². The predicted molar refractivity (Wildman–Crippen MR) is 50.2 cm³/mol. The molecule has 0 saturated carbocycles. The number of nitrogens with zero attached hydrogens (tertiary/aromatic N) is 1. The molecule has 7 nitrogen and oxygen atoms in total. The van der Waals surface area contributed by atoms with Crippen LogP contribution in [0.3, 0.4) is 0 Å². The number of aromatic carboxylic acids is 1. The van der Waals surface area contributed by atoms with Gasteiger partial charge in [0, 0.05) is 10.5 Å². The number of ether oxygens (including phenoxy) is 2. The number of fused-ring (bicyclic) bond motifs is 1. The summed E-state index contributed by atoms with van der Waals surface area (Å²) in [5.74, 6) is -0.596. The van der Waals surface area contributed by atoms with E-state index in [4.69, 9.17) is 14.6 Å². The molecule has 7 heteroatoms. The highest BCUT2D eigenvalue weighted by molar-refractivity contribution is 5.90. The van der Waals surface area contributed by atoms with Crippen molar-refractivity contribution in [2.24, 2.45) is 0 Å². The lowest BCUT2D eigenvalue weighted by Gasteiger charge is -2.03. The fourth-order valence-electron chi connectivity index (χ4n) is 1.45. The Balaban J connectivity index is 2.48. The summed E-state index contributed by atoms with van der Waals surface area (Å²) in [6, 6.07) is 2.57. The maximum absolute atomic E-state index is 10.9. The maximum Gasteiger partial charge on any atom is 0.336 e. The van der Waals surface area contributed by atoms with E-state index < -0.39 is 17.4 Å². The van der Waals surface area contributed by atoms with E-state index in [2.05, 4.69) is 0 Å². The molecule has 0 unspecified atom stereocenters. The van der Waals surface area contributed by atoms with Crippen LogP contribution >= 0.6 is 0 Å². The van der Waals surface area contributed by atoms with Gasteiger partial charge in [-0.3, -0.25) is 10.1 Å². The van der Waals surface area contributed by atoms with Crippen molar-refractivity contribution in [1.82, 2.24) is 0 Å². The van der Waals surface area contributed by atoms with E-state index in [1.54, 1.807) is 0 Å². The lowest BCUT2D eigenvalue weighted by molar-refractivity contribution is -0.496. The zero-order valence-electron chi connectivity index (χ0n) is 8.00. The maximum atomic E-state index is 10.9. The van der Waals surface area contributed by atoms with Gasteiger partial charge in [0.1, 0.15) is 0 Å². The van der Waals surface area contributed by atoms with E-state index in [-0.39, 0.29) is 17.9 Å². The third kappa shape index (κ3) is 1.74. The Labute approximate surface area is 89.4 Å². The van der Waals surface area contributed by atoms with Crippen molar-refractivity contribution in [2.75, 3.05) is 6.79 Å². The van der Waals surface area contributed by atoms with Gasteiger partial charge >= 0.3 is 5.97 Å². The first-order valence-electron chi connectivity index (χ1n) is 4.35. The Morgan fingerprint density at radius 2 is 2.06 bits per heavy atom. The number of carbonyl (C=O) groups is 1. The van der Waals surface area contributed by atoms with Crippen LogP contribution in [0.4, 0.5) is 0 Å². The smallest absolute Gasteiger partial charge is 0.336 e. The van der Waals surface area contributed by atoms with Gasteiger partial charge in [-0.1, -0.05) is 0 Å². The lowest BCUT2D eigenvalue weighted by atomic mass is 10.1. The fourth-order valence-corrected chi connectivity index (χ4v) is 1.45. The summed E-state index contributed by atoms with van der Waals surface area (Å²) in [7, 11) is 0. The first-order valence-corrected chi connectivity index (χ1v) is 4.35. The van der Waals surface area contributed by atoms with Crippen molar-refractivity contribution in [1.29, 1.82) is 0 Å². The topological polar surface area (TPSA) is 98.9 Å². The van der Waals surface area contributed by atoms with E-state index in [9.17, 15) is 14.9 Å². The minimum Gasteiger partial charge on any atom is -0.478 e. The molecular formula is C9H7NO6. The number of hydrogen-bond acceptors (Lipinski definition) is 5. The molecule has 0 amide bonds. The minimum absolute atomic E-state index is 0.00366. The molecular weight excluding hydrogens is 218 g/mol. The van der Waals surface area contributed by atoms with Crippen LogP contribution in [0, 0.1) is 10.1 Å². The van der Waals surface area contributed by atoms with Crippen LogP contribution in [0.5, 0.6) is 11.5 Å². The number of benzene rings is 1. The van der Waals surface area contributed by atoms with E-state index in [1.807, 2.05) is 0 Å². The van der Waals surface area contributed by atoms with Crippen molar-refractivity contribution in [3.8, 4) is 11.5 Å². The summed E-state index contributed by atoms with van der Waals surface area (Å²) in [4.78, 5) is 20.7. The molecule has 84 valence electrons. The highest BCUT2D eigenvalue weighted by Crippen LogP contribution is 2.35. The second-order valence-electron chi connectivity index (χ2n) is 3.16. The number of hydrogen-bond donors (Lipinski definition) is 1. The number of carboxylic acids is 1. The molecule has 0 atom stereocenters. The van der Waals surface area contributed by atoms with Gasteiger partial charge in [0.25, 0.3) is 0 Å². The van der Waals surface area contributed by atoms with Crippen molar-refractivity contribution in [2.45, 2.75) is 6.54 Å². The summed E-state index contributed by atoms with van der Waals surface area (Å²) >= 11 is 0. The summed E-state index contributed by atoms with van der Waals surface area (Å²) in [5, 5.41) is 19.3. The largest absolute Gasteiger partial charge is 0.478 e. The van der Waals surface area contributed by atoms with Crippen LogP contribution in [-0.2, 0) is 6.54 Å². The number of rotatable bonds is 3. The van der Waals surface area contributed by atoms with Gasteiger partial charge in [-0.15, -0.1) is 0 Å². The zero-order chi connectivity index (χ0) is 11.7. The van der Waals surface area contributed by atoms with Gasteiger partial charge in [-0.25, -0.2) is 4.79 Å². The SMILES string of the molecule is O=C(O)c1cc2c(cc1C[N+](=O)[O-])OCO2. The van der Waals surface area contributed by atoms with Crippen LogP contribution in [0.25, 0.3) is 0 Å². The number of nitro groups is 1. The highest BCUT2D eigenvalue weighted by Gasteiger charge is 2.22. The molecule has 1 aromatic rings. The highest BCUT2D eigenvalue weighted by atomic mass is 16.7. The third-order valence-electron chi connectivity index (χ3n) is 2.13. The quantitative estimate of drug-likeness (QED) is 0.605. The Kier molecular flexibility index (Phi) is 2.35. The molecule has 0 saturated heterocycles. The van der Waals surface area contributed by atoms with Crippen molar-refractivity contribution >= 4 is 5.97 Å². The molecule has 0 aliphatic carbocycles. The summed E-state index contributed by atoms with van der Waals surface area (Å²) in [6.45, 7) is -0.561. The Morgan fingerprint density at radius 3 is 2.62 bits per heavy atom. The van der Waals surface area contributed by atoms with E-state index in [0.717, 1.165) is 0 Å². The molecule has 1 aliphatic heterocycles. The molecule has 1 heterocycles. The normalized spacial score (nSPS) is 12.5. The van der Waals surface area contributed by atoms with Crippen LogP contribution in [0.2, 0.25) is 0 Å². The second-order valence-corrected chi connectivity index (χ2v) is 3.16. The predicted octanol–water partition coefficient (Wildman–Crippen LogP) is 0.890. The van der Waals surface area contributed by atoms with E-state index in [1.165, 1.54) is 12.1 Å². The number of carboxylic acid groups (broad SMARTS) is 1. The third-order valence-corrected chi connectivity index (χ3v) is 2.13. The van der Waals surface area contributed by atoms with Gasteiger partial charge in [0.15, 0.2) is 11.5 Å². The van der Waals surface area contributed by atoms with Gasteiger partial charge < -0.3 is 14.6 Å².